The lowest BCUT2D eigenvalue weighted by atomic mass is 10.1. The van der Waals surface area contributed by atoms with Crippen molar-refractivity contribution in [1.29, 1.82) is 0 Å². The fraction of sp³-hybridized carbons (Fsp3) is 0.333. The molecule has 1 aromatic carbocycles. The molecule has 1 aromatic heterocycles. The first-order valence-electron chi connectivity index (χ1n) is 6.79. The highest BCUT2D eigenvalue weighted by Crippen LogP contribution is 2.31. The average Bonchev–Trinajstić information content (AvgIpc) is 2.35. The van der Waals surface area contributed by atoms with E-state index in [9.17, 15) is 22.8 Å². The molecule has 2 aromatic rings. The molecule has 0 unspecified atom stereocenters. The van der Waals surface area contributed by atoms with Gasteiger partial charge in [0.2, 0.25) is 0 Å². The van der Waals surface area contributed by atoms with Gasteiger partial charge >= 0.3 is 11.9 Å². The average molecular weight is 327 g/mol. The maximum Gasteiger partial charge on any atom is 0.416 e. The number of halogens is 3. The van der Waals surface area contributed by atoms with Crippen LogP contribution in [-0.4, -0.2) is 9.55 Å². The van der Waals surface area contributed by atoms with Crippen LogP contribution in [0, 0.1) is 0 Å². The Bertz CT molecular complexity index is 798. The number of nitrogens with zero attached hydrogens (tertiary/aromatic N) is 1. The van der Waals surface area contributed by atoms with Crippen molar-refractivity contribution in [3.8, 4) is 0 Å². The Labute approximate surface area is 129 Å². The van der Waals surface area contributed by atoms with E-state index in [4.69, 9.17) is 0 Å². The molecule has 2 N–H and O–H groups in total. The molecule has 5 nitrogen and oxygen atoms in total. The monoisotopic (exact) mass is 327 g/mol. The lowest BCUT2D eigenvalue weighted by molar-refractivity contribution is -0.137. The first-order chi connectivity index (χ1) is 10.5. The molecule has 0 saturated heterocycles. The first kappa shape index (κ1) is 16.9. The van der Waals surface area contributed by atoms with Gasteiger partial charge in [-0.3, -0.25) is 14.3 Å². The zero-order valence-electron chi connectivity index (χ0n) is 12.8. The lowest BCUT2D eigenvalue weighted by Crippen LogP contribution is -2.44. The molecule has 0 fully saturated rings. The number of aromatic nitrogens is 2. The van der Waals surface area contributed by atoms with Gasteiger partial charge in [0.1, 0.15) is 5.82 Å². The van der Waals surface area contributed by atoms with Crippen LogP contribution in [0.2, 0.25) is 0 Å². The third kappa shape index (κ3) is 3.82. The van der Waals surface area contributed by atoms with Gasteiger partial charge in [-0.2, -0.15) is 13.2 Å². The second-order valence-corrected chi connectivity index (χ2v) is 6.04. The van der Waals surface area contributed by atoms with E-state index in [-0.39, 0.29) is 11.5 Å². The van der Waals surface area contributed by atoms with E-state index in [2.05, 4.69) is 10.3 Å². The minimum absolute atomic E-state index is 0.0276. The number of rotatable bonds is 2. The topological polar surface area (TPSA) is 66.9 Å². The van der Waals surface area contributed by atoms with Gasteiger partial charge in [0.25, 0.3) is 5.56 Å². The van der Waals surface area contributed by atoms with Gasteiger partial charge in [-0.05, 0) is 39.0 Å². The van der Waals surface area contributed by atoms with Crippen LogP contribution < -0.4 is 16.6 Å². The van der Waals surface area contributed by atoms with E-state index in [0.29, 0.717) is 0 Å². The van der Waals surface area contributed by atoms with E-state index in [1.807, 2.05) is 0 Å². The van der Waals surface area contributed by atoms with E-state index in [0.717, 1.165) is 22.8 Å². The summed E-state index contributed by atoms with van der Waals surface area (Å²) in [5.41, 5.74) is -2.61. The van der Waals surface area contributed by atoms with Crippen molar-refractivity contribution < 1.29 is 13.2 Å². The van der Waals surface area contributed by atoms with Crippen LogP contribution in [0.4, 0.5) is 24.7 Å². The van der Waals surface area contributed by atoms with Gasteiger partial charge in [-0.25, -0.2) is 4.79 Å². The second kappa shape index (κ2) is 5.60. The summed E-state index contributed by atoms with van der Waals surface area (Å²) in [6, 6.07) is 5.61. The molecule has 2 rings (SSSR count). The molecular weight excluding hydrogens is 311 g/mol. The Morgan fingerprint density at radius 2 is 1.74 bits per heavy atom. The van der Waals surface area contributed by atoms with Crippen LogP contribution in [0.5, 0.6) is 0 Å². The van der Waals surface area contributed by atoms with Gasteiger partial charge in [0.05, 0.1) is 5.56 Å². The fourth-order valence-corrected chi connectivity index (χ4v) is 2.13. The quantitative estimate of drug-likeness (QED) is 0.891. The Kier molecular flexibility index (Phi) is 4.10. The number of nitrogens with one attached hydrogen (secondary N) is 2. The van der Waals surface area contributed by atoms with Crippen molar-refractivity contribution in [3.63, 3.8) is 0 Å². The van der Waals surface area contributed by atoms with Gasteiger partial charge in [-0.15, -0.1) is 0 Å². The number of hydrogen-bond donors (Lipinski definition) is 2. The third-order valence-corrected chi connectivity index (χ3v) is 3.07. The van der Waals surface area contributed by atoms with E-state index in [1.165, 1.54) is 12.1 Å². The number of H-pyrrole nitrogens is 1. The number of anilines is 2. The summed E-state index contributed by atoms with van der Waals surface area (Å²) in [5.74, 6) is 0.0276. The molecule has 0 saturated carbocycles. The summed E-state index contributed by atoms with van der Waals surface area (Å²) < 4.78 is 39.1. The molecule has 0 atom stereocenters. The highest BCUT2D eigenvalue weighted by molar-refractivity contribution is 5.56. The Morgan fingerprint density at radius 3 is 2.26 bits per heavy atom. The second-order valence-electron chi connectivity index (χ2n) is 6.04. The molecule has 8 heteroatoms. The van der Waals surface area contributed by atoms with Gasteiger partial charge in [0, 0.05) is 17.3 Å². The van der Waals surface area contributed by atoms with Crippen LogP contribution >= 0.6 is 0 Å². The molecule has 0 amide bonds. The molecule has 0 aliphatic rings. The maximum atomic E-state index is 12.7. The molecule has 0 bridgehead atoms. The number of benzene rings is 1. The molecule has 124 valence electrons. The van der Waals surface area contributed by atoms with Gasteiger partial charge in [-0.1, -0.05) is 6.07 Å². The van der Waals surface area contributed by atoms with Crippen LogP contribution in [0.25, 0.3) is 0 Å². The van der Waals surface area contributed by atoms with E-state index in [1.54, 1.807) is 20.8 Å². The SMILES string of the molecule is CC(C)(C)n1c(=O)cc(Nc2cccc(C(F)(F)F)c2)[nH]c1=O. The summed E-state index contributed by atoms with van der Waals surface area (Å²) in [4.78, 5) is 26.5. The van der Waals surface area contributed by atoms with Crippen molar-refractivity contribution in [2.75, 3.05) is 5.32 Å². The van der Waals surface area contributed by atoms with Crippen molar-refractivity contribution in [2.24, 2.45) is 0 Å². The standard InChI is InChI=1S/C15H16F3N3O2/c1-14(2,3)21-12(22)8-11(20-13(21)23)19-10-6-4-5-9(7-10)15(16,17)18/h4-8,19H,1-3H3,(H,20,23). The molecule has 0 aliphatic heterocycles. The molecule has 1 heterocycles. The number of alkyl halides is 3. The minimum atomic E-state index is -4.47. The molecule has 0 aliphatic carbocycles. The first-order valence-corrected chi connectivity index (χ1v) is 6.79. The summed E-state index contributed by atoms with van der Waals surface area (Å²) in [6.07, 6.45) is -4.47. The highest BCUT2D eigenvalue weighted by atomic mass is 19.4. The summed E-state index contributed by atoms with van der Waals surface area (Å²) >= 11 is 0. The number of aromatic amines is 1. The van der Waals surface area contributed by atoms with Crippen molar-refractivity contribution in [3.05, 3.63) is 56.7 Å². The van der Waals surface area contributed by atoms with Gasteiger partial charge in [0.15, 0.2) is 0 Å². The van der Waals surface area contributed by atoms with Crippen LogP contribution in [0.15, 0.2) is 39.9 Å². The van der Waals surface area contributed by atoms with Crippen molar-refractivity contribution >= 4 is 11.5 Å². The van der Waals surface area contributed by atoms with Crippen LogP contribution in [-0.2, 0) is 11.7 Å². The Hall–Kier alpha value is -2.51. The normalized spacial score (nSPS) is 12.3. The largest absolute Gasteiger partial charge is 0.416 e. The van der Waals surface area contributed by atoms with E-state index < -0.39 is 28.5 Å². The van der Waals surface area contributed by atoms with Crippen LogP contribution in [0.3, 0.4) is 0 Å². The third-order valence-electron chi connectivity index (χ3n) is 3.07. The predicted octanol–water partition coefficient (Wildman–Crippen LogP) is 3.05. The molecular formula is C15H16F3N3O2. The molecule has 23 heavy (non-hydrogen) atoms. The fourth-order valence-electron chi connectivity index (χ4n) is 2.13. The number of hydrogen-bond acceptors (Lipinski definition) is 3. The maximum absolute atomic E-state index is 12.7. The zero-order valence-corrected chi connectivity index (χ0v) is 12.8. The highest BCUT2D eigenvalue weighted by Gasteiger charge is 2.30. The Morgan fingerprint density at radius 1 is 1.09 bits per heavy atom. The summed E-state index contributed by atoms with van der Waals surface area (Å²) in [5, 5.41) is 2.61. The smallest absolute Gasteiger partial charge is 0.342 e. The minimum Gasteiger partial charge on any atom is -0.342 e. The molecule has 0 spiro atoms. The van der Waals surface area contributed by atoms with Crippen molar-refractivity contribution in [1.82, 2.24) is 9.55 Å². The lowest BCUT2D eigenvalue weighted by Gasteiger charge is -2.21. The zero-order chi connectivity index (χ0) is 17.4. The van der Waals surface area contributed by atoms with Crippen molar-refractivity contribution in [2.45, 2.75) is 32.5 Å². The van der Waals surface area contributed by atoms with E-state index >= 15 is 0 Å². The summed E-state index contributed by atoms with van der Waals surface area (Å²) in [6.45, 7) is 5.09. The van der Waals surface area contributed by atoms with Crippen LogP contribution in [0.1, 0.15) is 26.3 Å². The molecule has 0 radical (unpaired) electrons. The summed E-state index contributed by atoms with van der Waals surface area (Å²) in [7, 11) is 0. The predicted molar refractivity (Wildman–Crippen MR) is 81.0 cm³/mol. The Balaban J connectivity index is 2.40. The van der Waals surface area contributed by atoms with Gasteiger partial charge < -0.3 is 5.32 Å².